The van der Waals surface area contributed by atoms with Gasteiger partial charge in [-0.25, -0.2) is 4.79 Å². The lowest BCUT2D eigenvalue weighted by molar-refractivity contribution is 0.0698. The van der Waals surface area contributed by atoms with Crippen molar-refractivity contribution in [1.82, 2.24) is 0 Å². The monoisotopic (exact) mass is 313 g/mol. The van der Waals surface area contributed by atoms with Crippen molar-refractivity contribution in [3.63, 3.8) is 0 Å². The Balaban J connectivity index is 1.84. The van der Waals surface area contributed by atoms with E-state index in [0.29, 0.717) is 24.4 Å². The Morgan fingerprint density at radius 3 is 2.70 bits per heavy atom. The molecule has 0 bridgehead atoms. The predicted octanol–water partition coefficient (Wildman–Crippen LogP) is 4.19. The summed E-state index contributed by atoms with van der Waals surface area (Å²) < 4.78 is 5.80. The Bertz CT molecular complexity index is 695. The molecule has 0 aliphatic rings. The molecule has 4 heteroatoms. The molecule has 23 heavy (non-hydrogen) atoms. The largest absolute Gasteiger partial charge is 0.493 e. The number of rotatable bonds is 7. The van der Waals surface area contributed by atoms with Crippen LogP contribution in [0.4, 0.5) is 5.69 Å². The molecule has 0 spiro atoms. The number of anilines is 1. The van der Waals surface area contributed by atoms with Crippen LogP contribution < -0.4 is 10.1 Å². The van der Waals surface area contributed by atoms with Crippen LogP contribution in [0.2, 0.25) is 0 Å². The second-order valence-electron chi connectivity index (χ2n) is 5.68. The van der Waals surface area contributed by atoms with Gasteiger partial charge < -0.3 is 15.2 Å². The summed E-state index contributed by atoms with van der Waals surface area (Å²) >= 11 is 0. The van der Waals surface area contributed by atoms with E-state index in [4.69, 9.17) is 4.74 Å². The fourth-order valence-corrected chi connectivity index (χ4v) is 2.35. The summed E-state index contributed by atoms with van der Waals surface area (Å²) in [4.78, 5) is 11.3. The van der Waals surface area contributed by atoms with Gasteiger partial charge in [-0.3, -0.25) is 0 Å². The minimum Gasteiger partial charge on any atom is -0.493 e. The molecule has 0 atom stereocenters. The molecule has 2 N–H and O–H groups in total. The summed E-state index contributed by atoms with van der Waals surface area (Å²) in [5.74, 6) is -0.00519. The van der Waals surface area contributed by atoms with Gasteiger partial charge in [0.15, 0.2) is 0 Å². The lowest BCUT2D eigenvalue weighted by Crippen LogP contribution is -2.11. The van der Waals surface area contributed by atoms with Crippen molar-refractivity contribution in [2.75, 3.05) is 18.5 Å². The standard InChI is InChI=1S/C19H23NO3/c1-13-8-9-17(16(12-13)19(21)22)20-10-5-11-23-18-7-4-6-14(2)15(18)3/h4,6-9,12,20H,5,10-11H2,1-3H3,(H,21,22). The highest BCUT2D eigenvalue weighted by atomic mass is 16.5. The van der Waals surface area contributed by atoms with Crippen LogP contribution in [0, 0.1) is 20.8 Å². The quantitative estimate of drug-likeness (QED) is 0.752. The zero-order valence-corrected chi connectivity index (χ0v) is 13.8. The first-order valence-electron chi connectivity index (χ1n) is 7.76. The topological polar surface area (TPSA) is 58.6 Å². The molecule has 0 radical (unpaired) electrons. The molecule has 2 rings (SSSR count). The predicted molar refractivity (Wildman–Crippen MR) is 92.7 cm³/mol. The van der Waals surface area contributed by atoms with Crippen molar-refractivity contribution >= 4 is 11.7 Å². The molecule has 0 saturated heterocycles. The third-order valence-electron chi connectivity index (χ3n) is 3.85. The van der Waals surface area contributed by atoms with E-state index in [9.17, 15) is 9.90 Å². The SMILES string of the molecule is Cc1ccc(NCCCOc2cccc(C)c2C)c(C(=O)O)c1. The number of carbonyl (C=O) groups is 1. The van der Waals surface area contributed by atoms with E-state index in [1.54, 1.807) is 6.07 Å². The minimum absolute atomic E-state index is 0.306. The first-order chi connectivity index (χ1) is 11.0. The summed E-state index contributed by atoms with van der Waals surface area (Å²) in [7, 11) is 0. The summed E-state index contributed by atoms with van der Waals surface area (Å²) in [6.07, 6.45) is 0.792. The normalized spacial score (nSPS) is 10.4. The number of benzene rings is 2. The number of hydrogen-bond donors (Lipinski definition) is 2. The minimum atomic E-state index is -0.914. The molecule has 2 aromatic carbocycles. The molecule has 0 heterocycles. The lowest BCUT2D eigenvalue weighted by atomic mass is 10.1. The first kappa shape index (κ1) is 16.9. The molecule has 4 nitrogen and oxygen atoms in total. The van der Waals surface area contributed by atoms with Gasteiger partial charge in [-0.1, -0.05) is 23.8 Å². The van der Waals surface area contributed by atoms with Gasteiger partial charge in [-0.2, -0.15) is 0 Å². The number of aryl methyl sites for hydroxylation is 2. The highest BCUT2D eigenvalue weighted by Gasteiger charge is 2.09. The van der Waals surface area contributed by atoms with E-state index < -0.39 is 5.97 Å². The average molecular weight is 313 g/mol. The molecule has 0 aliphatic heterocycles. The molecular formula is C19H23NO3. The van der Waals surface area contributed by atoms with Gasteiger partial charge in [-0.15, -0.1) is 0 Å². The van der Waals surface area contributed by atoms with Gasteiger partial charge in [0.2, 0.25) is 0 Å². The summed E-state index contributed by atoms with van der Waals surface area (Å²) in [5.41, 5.74) is 4.26. The third kappa shape index (κ3) is 4.49. The van der Waals surface area contributed by atoms with E-state index in [2.05, 4.69) is 18.3 Å². The summed E-state index contributed by atoms with van der Waals surface area (Å²) in [6, 6.07) is 11.4. The Kier molecular flexibility index (Phi) is 5.63. The summed E-state index contributed by atoms with van der Waals surface area (Å²) in [5, 5.41) is 12.4. The van der Waals surface area contributed by atoms with Gasteiger partial charge in [0.1, 0.15) is 5.75 Å². The van der Waals surface area contributed by atoms with Crippen LogP contribution in [0.3, 0.4) is 0 Å². The number of nitrogens with one attached hydrogen (secondary N) is 1. The van der Waals surface area contributed by atoms with Crippen molar-refractivity contribution in [3.05, 3.63) is 58.7 Å². The van der Waals surface area contributed by atoms with E-state index in [0.717, 1.165) is 23.3 Å². The van der Waals surface area contributed by atoms with E-state index >= 15 is 0 Å². The van der Waals surface area contributed by atoms with Crippen molar-refractivity contribution in [2.45, 2.75) is 27.2 Å². The fraction of sp³-hybridized carbons (Fsp3) is 0.316. The second-order valence-corrected chi connectivity index (χ2v) is 5.68. The van der Waals surface area contributed by atoms with Gasteiger partial charge >= 0.3 is 5.97 Å². The van der Waals surface area contributed by atoms with Gasteiger partial charge in [-0.05, 0) is 56.5 Å². The zero-order valence-electron chi connectivity index (χ0n) is 13.8. The Labute approximate surface area is 137 Å². The van der Waals surface area contributed by atoms with Crippen LogP contribution in [-0.4, -0.2) is 24.2 Å². The number of hydrogen-bond acceptors (Lipinski definition) is 3. The van der Waals surface area contributed by atoms with E-state index in [-0.39, 0.29) is 0 Å². The second kappa shape index (κ2) is 7.68. The first-order valence-corrected chi connectivity index (χ1v) is 7.76. The maximum Gasteiger partial charge on any atom is 0.337 e. The Morgan fingerprint density at radius 1 is 1.17 bits per heavy atom. The highest BCUT2D eigenvalue weighted by molar-refractivity contribution is 5.94. The highest BCUT2D eigenvalue weighted by Crippen LogP contribution is 2.21. The van der Waals surface area contributed by atoms with E-state index in [1.165, 1.54) is 5.56 Å². The van der Waals surface area contributed by atoms with Crippen molar-refractivity contribution in [3.8, 4) is 5.75 Å². The smallest absolute Gasteiger partial charge is 0.337 e. The average Bonchev–Trinajstić information content (AvgIpc) is 2.52. The fourth-order valence-electron chi connectivity index (χ4n) is 2.35. The number of ether oxygens (including phenoxy) is 1. The van der Waals surface area contributed by atoms with Crippen molar-refractivity contribution < 1.29 is 14.6 Å². The van der Waals surface area contributed by atoms with Crippen LogP contribution in [0.1, 0.15) is 33.5 Å². The number of aromatic carboxylic acids is 1. The molecule has 0 saturated carbocycles. The lowest BCUT2D eigenvalue weighted by Gasteiger charge is -2.12. The van der Waals surface area contributed by atoms with Gasteiger partial charge in [0.25, 0.3) is 0 Å². The van der Waals surface area contributed by atoms with Crippen molar-refractivity contribution in [2.24, 2.45) is 0 Å². The zero-order chi connectivity index (χ0) is 16.8. The van der Waals surface area contributed by atoms with Crippen LogP contribution >= 0.6 is 0 Å². The van der Waals surface area contributed by atoms with Crippen molar-refractivity contribution in [1.29, 1.82) is 0 Å². The summed E-state index contributed by atoms with van der Waals surface area (Å²) in [6.45, 7) is 7.25. The third-order valence-corrected chi connectivity index (χ3v) is 3.85. The molecular weight excluding hydrogens is 290 g/mol. The van der Waals surface area contributed by atoms with Crippen LogP contribution in [0.15, 0.2) is 36.4 Å². The van der Waals surface area contributed by atoms with Crippen LogP contribution in [0.25, 0.3) is 0 Å². The molecule has 0 unspecified atom stereocenters. The molecule has 0 aromatic heterocycles. The molecule has 0 fully saturated rings. The maximum absolute atomic E-state index is 11.3. The molecule has 122 valence electrons. The number of carboxylic acid groups (broad SMARTS) is 1. The van der Waals surface area contributed by atoms with Gasteiger partial charge in [0.05, 0.1) is 12.2 Å². The Hall–Kier alpha value is -2.49. The Morgan fingerprint density at radius 2 is 1.96 bits per heavy atom. The van der Waals surface area contributed by atoms with Gasteiger partial charge in [0, 0.05) is 12.2 Å². The molecule has 2 aromatic rings. The van der Waals surface area contributed by atoms with Crippen LogP contribution in [-0.2, 0) is 0 Å². The molecule has 0 amide bonds. The van der Waals surface area contributed by atoms with E-state index in [1.807, 2.05) is 38.1 Å². The van der Waals surface area contributed by atoms with Crippen LogP contribution in [0.5, 0.6) is 5.75 Å². The molecule has 0 aliphatic carbocycles. The number of carboxylic acids is 1. The maximum atomic E-state index is 11.3.